The molecule has 9 heteroatoms. The summed E-state index contributed by atoms with van der Waals surface area (Å²) in [4.78, 5) is 28.9. The normalized spacial score (nSPS) is 12.5. The SMILES string of the molecule is CC[C@H](C(=O)NC(C)(C)C)N(Cc1ccc(F)cc1)C(=O)CN(c1ccc(C)cc1C)S(=O)(=O)c1ccccc1. The van der Waals surface area contributed by atoms with Gasteiger partial charge in [0.15, 0.2) is 0 Å². The molecule has 3 rings (SSSR count). The van der Waals surface area contributed by atoms with Gasteiger partial charge in [-0.05, 0) is 82.5 Å². The van der Waals surface area contributed by atoms with Crippen molar-refractivity contribution in [3.05, 3.63) is 95.3 Å². The molecule has 1 atom stereocenters. The first kappa shape index (κ1) is 30.8. The van der Waals surface area contributed by atoms with E-state index < -0.39 is 39.9 Å². The molecule has 0 bridgehead atoms. The maximum atomic E-state index is 14.1. The minimum Gasteiger partial charge on any atom is -0.350 e. The summed E-state index contributed by atoms with van der Waals surface area (Å²) in [6.07, 6.45) is 0.295. The number of halogens is 1. The molecule has 214 valence electrons. The minimum atomic E-state index is -4.14. The Morgan fingerprint density at radius 3 is 2.12 bits per heavy atom. The fourth-order valence-corrected chi connectivity index (χ4v) is 5.98. The topological polar surface area (TPSA) is 86.8 Å². The lowest BCUT2D eigenvalue weighted by atomic mass is 10.1. The molecule has 7 nitrogen and oxygen atoms in total. The first-order valence-electron chi connectivity index (χ1n) is 13.2. The number of anilines is 1. The summed E-state index contributed by atoms with van der Waals surface area (Å²) in [5.74, 6) is -1.33. The number of benzene rings is 3. The molecule has 0 aliphatic rings. The quantitative estimate of drug-likeness (QED) is 0.357. The largest absolute Gasteiger partial charge is 0.350 e. The third-order valence-electron chi connectivity index (χ3n) is 6.38. The number of nitrogens with one attached hydrogen (secondary N) is 1. The number of sulfonamides is 1. The maximum absolute atomic E-state index is 14.1. The van der Waals surface area contributed by atoms with Crippen molar-refractivity contribution in [3.8, 4) is 0 Å². The highest BCUT2D eigenvalue weighted by Gasteiger charge is 2.35. The lowest BCUT2D eigenvalue weighted by Crippen LogP contribution is -2.55. The third kappa shape index (κ3) is 7.69. The van der Waals surface area contributed by atoms with Crippen molar-refractivity contribution >= 4 is 27.5 Å². The summed E-state index contributed by atoms with van der Waals surface area (Å²) < 4.78 is 42.6. The molecule has 0 aliphatic heterocycles. The average Bonchev–Trinajstić information content (AvgIpc) is 2.88. The summed E-state index contributed by atoms with van der Waals surface area (Å²) in [6, 6.07) is 18.1. The summed E-state index contributed by atoms with van der Waals surface area (Å²) >= 11 is 0. The molecule has 0 saturated carbocycles. The molecule has 0 saturated heterocycles. The van der Waals surface area contributed by atoms with Gasteiger partial charge < -0.3 is 10.2 Å². The number of amides is 2. The van der Waals surface area contributed by atoms with Crippen molar-refractivity contribution < 1.29 is 22.4 Å². The molecule has 0 fully saturated rings. The molecule has 0 aromatic heterocycles. The van der Waals surface area contributed by atoms with Crippen molar-refractivity contribution in [1.82, 2.24) is 10.2 Å². The van der Waals surface area contributed by atoms with Gasteiger partial charge in [0.1, 0.15) is 18.4 Å². The van der Waals surface area contributed by atoms with E-state index >= 15 is 0 Å². The monoisotopic (exact) mass is 567 g/mol. The van der Waals surface area contributed by atoms with Crippen LogP contribution in [-0.4, -0.2) is 43.3 Å². The zero-order chi connectivity index (χ0) is 29.7. The Labute approximate surface area is 237 Å². The van der Waals surface area contributed by atoms with Gasteiger partial charge >= 0.3 is 0 Å². The number of aryl methyl sites for hydroxylation is 2. The smallest absolute Gasteiger partial charge is 0.264 e. The average molecular weight is 568 g/mol. The van der Waals surface area contributed by atoms with E-state index in [0.717, 1.165) is 9.87 Å². The zero-order valence-corrected chi connectivity index (χ0v) is 24.8. The van der Waals surface area contributed by atoms with Crippen molar-refractivity contribution in [2.24, 2.45) is 0 Å². The van der Waals surface area contributed by atoms with Crippen LogP contribution < -0.4 is 9.62 Å². The maximum Gasteiger partial charge on any atom is 0.264 e. The highest BCUT2D eigenvalue weighted by Crippen LogP contribution is 2.28. The third-order valence-corrected chi connectivity index (χ3v) is 8.16. The van der Waals surface area contributed by atoms with Crippen LogP contribution in [0.3, 0.4) is 0 Å². The molecule has 0 heterocycles. The molecular formula is C31H38FN3O4S. The Bertz CT molecular complexity index is 1440. The standard InChI is InChI=1S/C31H38FN3O4S/c1-7-27(30(37)33-31(4,5)6)34(20-24-14-16-25(32)17-15-24)29(36)21-35(28-18-13-22(2)19-23(28)3)40(38,39)26-11-9-8-10-12-26/h8-19,27H,7,20-21H2,1-6H3,(H,33,37)/t27-/m1/s1. The molecule has 40 heavy (non-hydrogen) atoms. The number of rotatable bonds is 10. The van der Waals surface area contributed by atoms with Gasteiger partial charge in [-0.15, -0.1) is 0 Å². The second-order valence-corrected chi connectivity index (χ2v) is 12.8. The summed E-state index contributed by atoms with van der Waals surface area (Å²) in [5.41, 5.74) is 2.08. The van der Waals surface area contributed by atoms with Crippen molar-refractivity contribution in [2.75, 3.05) is 10.8 Å². The van der Waals surface area contributed by atoms with Gasteiger partial charge in [-0.25, -0.2) is 12.8 Å². The van der Waals surface area contributed by atoms with E-state index in [4.69, 9.17) is 0 Å². The Morgan fingerprint density at radius 2 is 1.57 bits per heavy atom. The van der Waals surface area contributed by atoms with E-state index in [1.54, 1.807) is 56.3 Å². The van der Waals surface area contributed by atoms with Crippen LogP contribution in [0.2, 0.25) is 0 Å². The summed E-state index contributed by atoms with van der Waals surface area (Å²) in [5, 5.41) is 2.93. The van der Waals surface area contributed by atoms with E-state index in [0.29, 0.717) is 23.2 Å². The molecule has 0 spiro atoms. The van der Waals surface area contributed by atoms with Crippen LogP contribution >= 0.6 is 0 Å². The molecule has 3 aromatic carbocycles. The predicted octanol–water partition coefficient (Wildman–Crippen LogP) is 5.36. The molecule has 1 N–H and O–H groups in total. The summed E-state index contributed by atoms with van der Waals surface area (Å²) in [6.45, 7) is 10.5. The van der Waals surface area contributed by atoms with Crippen molar-refractivity contribution in [2.45, 2.75) is 71.0 Å². The number of carbonyl (C=O) groups excluding carboxylic acids is 2. The van der Waals surface area contributed by atoms with Gasteiger partial charge in [0.2, 0.25) is 11.8 Å². The number of nitrogens with zero attached hydrogens (tertiary/aromatic N) is 2. The Kier molecular flexibility index (Phi) is 9.73. The van der Waals surface area contributed by atoms with Gasteiger partial charge in [0.05, 0.1) is 10.6 Å². The van der Waals surface area contributed by atoms with Crippen LogP contribution in [0, 0.1) is 19.7 Å². The molecular weight excluding hydrogens is 529 g/mol. The minimum absolute atomic E-state index is 0.00128. The first-order valence-corrected chi connectivity index (χ1v) is 14.7. The first-order chi connectivity index (χ1) is 18.7. The molecule has 0 unspecified atom stereocenters. The van der Waals surface area contributed by atoms with Crippen LogP contribution in [0.1, 0.15) is 50.8 Å². The van der Waals surface area contributed by atoms with Crippen molar-refractivity contribution in [1.29, 1.82) is 0 Å². The van der Waals surface area contributed by atoms with Crippen molar-refractivity contribution in [3.63, 3.8) is 0 Å². The van der Waals surface area contributed by atoms with Gasteiger partial charge in [-0.2, -0.15) is 0 Å². The van der Waals surface area contributed by atoms with E-state index in [1.165, 1.54) is 29.2 Å². The summed E-state index contributed by atoms with van der Waals surface area (Å²) in [7, 11) is -4.14. The van der Waals surface area contributed by atoms with Crippen LogP contribution in [0.5, 0.6) is 0 Å². The lowest BCUT2D eigenvalue weighted by Gasteiger charge is -2.35. The van der Waals surface area contributed by atoms with Gasteiger partial charge in [0.25, 0.3) is 10.0 Å². The van der Waals surface area contributed by atoms with E-state index in [1.807, 2.05) is 33.8 Å². The van der Waals surface area contributed by atoms with E-state index in [-0.39, 0.29) is 17.3 Å². The zero-order valence-electron chi connectivity index (χ0n) is 23.9. The van der Waals surface area contributed by atoms with Crippen LogP contribution in [-0.2, 0) is 26.2 Å². The second kappa shape index (κ2) is 12.6. The Hall–Kier alpha value is -3.72. The number of hydrogen-bond donors (Lipinski definition) is 1. The highest BCUT2D eigenvalue weighted by molar-refractivity contribution is 7.92. The highest BCUT2D eigenvalue weighted by atomic mass is 32.2. The van der Waals surface area contributed by atoms with Crippen LogP contribution in [0.15, 0.2) is 77.7 Å². The number of hydrogen-bond acceptors (Lipinski definition) is 4. The fourth-order valence-electron chi connectivity index (χ4n) is 4.48. The Morgan fingerprint density at radius 1 is 0.950 bits per heavy atom. The van der Waals surface area contributed by atoms with Gasteiger partial charge in [-0.3, -0.25) is 13.9 Å². The molecule has 0 aliphatic carbocycles. The lowest BCUT2D eigenvalue weighted by molar-refractivity contribution is -0.141. The van der Waals surface area contributed by atoms with Gasteiger partial charge in [-0.1, -0.05) is 55.0 Å². The molecule has 2 amide bonds. The van der Waals surface area contributed by atoms with Gasteiger partial charge in [0, 0.05) is 12.1 Å². The van der Waals surface area contributed by atoms with E-state index in [2.05, 4.69) is 5.32 Å². The van der Waals surface area contributed by atoms with Crippen LogP contribution in [0.25, 0.3) is 0 Å². The fraction of sp³-hybridized carbons (Fsp3) is 0.355. The van der Waals surface area contributed by atoms with Crippen LogP contribution in [0.4, 0.5) is 10.1 Å². The molecule has 3 aromatic rings. The molecule has 0 radical (unpaired) electrons. The Balaban J connectivity index is 2.09. The predicted molar refractivity (Wildman–Crippen MR) is 156 cm³/mol. The second-order valence-electron chi connectivity index (χ2n) is 10.9. The number of carbonyl (C=O) groups is 2. The van der Waals surface area contributed by atoms with E-state index in [9.17, 15) is 22.4 Å².